The van der Waals surface area contributed by atoms with Crippen molar-refractivity contribution < 1.29 is 18.3 Å². The smallest absolute Gasteiger partial charge is 0.323 e. The molecule has 1 aromatic rings. The Balaban J connectivity index is 2.71. The summed E-state index contributed by atoms with van der Waals surface area (Å²) >= 11 is 0. The van der Waals surface area contributed by atoms with Crippen LogP contribution in [0.3, 0.4) is 0 Å². The number of hydrogen-bond acceptors (Lipinski definition) is 5. The molecule has 0 amide bonds. The maximum atomic E-state index is 12.0. The lowest BCUT2D eigenvalue weighted by Crippen LogP contribution is -2.48. The number of carboxylic acid groups (broad SMARTS) is 1. The van der Waals surface area contributed by atoms with E-state index in [-0.39, 0.29) is 17.2 Å². The number of nitrogens with zero attached hydrogens (tertiary/aromatic N) is 1. The third-order valence-electron chi connectivity index (χ3n) is 2.81. The molecule has 7 heteroatoms. The van der Waals surface area contributed by atoms with Gasteiger partial charge in [0.25, 0.3) is 0 Å². The summed E-state index contributed by atoms with van der Waals surface area (Å²) in [7, 11) is -3.50. The van der Waals surface area contributed by atoms with Crippen LogP contribution in [0.4, 0.5) is 0 Å². The van der Waals surface area contributed by atoms with Crippen LogP contribution >= 0.6 is 0 Å². The molecule has 0 aromatic heterocycles. The van der Waals surface area contributed by atoms with Crippen LogP contribution in [-0.2, 0) is 14.6 Å². The molecule has 6 nitrogen and oxygen atoms in total. The van der Waals surface area contributed by atoms with E-state index in [1.54, 1.807) is 0 Å². The van der Waals surface area contributed by atoms with Gasteiger partial charge in [0.1, 0.15) is 5.54 Å². The number of benzene rings is 1. The number of aliphatic carboxylic acids is 1. The molecule has 0 heterocycles. The van der Waals surface area contributed by atoms with Crippen molar-refractivity contribution >= 4 is 15.8 Å². The highest BCUT2D eigenvalue weighted by atomic mass is 32.2. The summed E-state index contributed by atoms with van der Waals surface area (Å²) in [5.41, 5.74) is -0.797. The molecule has 0 atom stereocenters. The maximum Gasteiger partial charge on any atom is 0.323 e. The van der Waals surface area contributed by atoms with Crippen molar-refractivity contribution in [3.8, 4) is 6.07 Å². The fourth-order valence-corrected chi connectivity index (χ4v) is 2.59. The molecule has 0 saturated heterocycles. The first-order valence-corrected chi connectivity index (χ1v) is 7.55. The van der Waals surface area contributed by atoms with Gasteiger partial charge in [-0.15, -0.1) is 0 Å². The molecule has 0 spiro atoms. The number of rotatable bonds is 6. The van der Waals surface area contributed by atoms with E-state index in [1.807, 2.05) is 6.07 Å². The van der Waals surface area contributed by atoms with Gasteiger partial charge < -0.3 is 10.4 Å². The molecule has 0 radical (unpaired) electrons. The number of nitrogens with one attached hydrogen (secondary N) is 1. The Labute approximate surface area is 118 Å². The van der Waals surface area contributed by atoms with Crippen molar-refractivity contribution in [3.63, 3.8) is 0 Å². The Morgan fingerprint density at radius 2 is 1.90 bits per heavy atom. The van der Waals surface area contributed by atoms with Crippen LogP contribution in [0.15, 0.2) is 29.2 Å². The van der Waals surface area contributed by atoms with E-state index >= 15 is 0 Å². The highest BCUT2D eigenvalue weighted by Crippen LogP contribution is 2.12. The van der Waals surface area contributed by atoms with Crippen LogP contribution < -0.4 is 5.32 Å². The van der Waals surface area contributed by atoms with E-state index in [9.17, 15) is 13.2 Å². The Kier molecular flexibility index (Phi) is 4.87. The van der Waals surface area contributed by atoms with Crippen LogP contribution in [0.2, 0.25) is 0 Å². The summed E-state index contributed by atoms with van der Waals surface area (Å²) in [6.07, 6.45) is 0. The number of nitriles is 1. The zero-order valence-corrected chi connectivity index (χ0v) is 12.1. The van der Waals surface area contributed by atoms with Crippen molar-refractivity contribution in [2.24, 2.45) is 0 Å². The Hall–Kier alpha value is -1.91. The molecule has 0 unspecified atom stereocenters. The summed E-state index contributed by atoms with van der Waals surface area (Å²) in [6.45, 7) is 2.95. The molecule has 1 rings (SSSR count). The van der Waals surface area contributed by atoms with E-state index in [2.05, 4.69) is 5.32 Å². The second-order valence-corrected chi connectivity index (χ2v) is 6.92. The van der Waals surface area contributed by atoms with Crippen LogP contribution in [0.5, 0.6) is 0 Å². The lowest BCUT2D eigenvalue weighted by atomic mass is 10.1. The van der Waals surface area contributed by atoms with Gasteiger partial charge in [0.05, 0.1) is 22.3 Å². The van der Waals surface area contributed by atoms with Gasteiger partial charge in [-0.25, -0.2) is 8.42 Å². The fourth-order valence-electron chi connectivity index (χ4n) is 1.43. The van der Waals surface area contributed by atoms with Crippen LogP contribution in [0, 0.1) is 11.3 Å². The van der Waals surface area contributed by atoms with Crippen molar-refractivity contribution in [1.82, 2.24) is 5.32 Å². The van der Waals surface area contributed by atoms with Gasteiger partial charge in [0.2, 0.25) is 0 Å². The second kappa shape index (κ2) is 6.03. The van der Waals surface area contributed by atoms with Crippen LogP contribution in [0.25, 0.3) is 0 Å². The van der Waals surface area contributed by atoms with Crippen molar-refractivity contribution in [1.29, 1.82) is 5.26 Å². The lowest BCUT2D eigenvalue weighted by molar-refractivity contribution is -0.143. The van der Waals surface area contributed by atoms with Gasteiger partial charge >= 0.3 is 5.97 Å². The summed E-state index contributed by atoms with van der Waals surface area (Å²) in [4.78, 5) is 11.0. The monoisotopic (exact) mass is 296 g/mol. The van der Waals surface area contributed by atoms with E-state index in [4.69, 9.17) is 10.4 Å². The van der Waals surface area contributed by atoms with Gasteiger partial charge in [0.15, 0.2) is 9.84 Å². The van der Waals surface area contributed by atoms with Crippen molar-refractivity contribution in [2.75, 3.05) is 12.3 Å². The predicted molar refractivity (Wildman–Crippen MR) is 72.9 cm³/mol. The molecule has 0 saturated carbocycles. The minimum absolute atomic E-state index is 0.0294. The summed E-state index contributed by atoms with van der Waals surface area (Å²) in [5, 5.41) is 20.2. The third kappa shape index (κ3) is 4.05. The molecule has 2 N–H and O–H groups in total. The fraction of sp³-hybridized carbons (Fsp3) is 0.385. The van der Waals surface area contributed by atoms with Crippen molar-refractivity contribution in [3.05, 3.63) is 29.8 Å². The molecule has 108 valence electrons. The standard InChI is InChI=1S/C13H16N2O4S/c1-13(2,12(16)17)15-7-8-20(18,19)11-5-3-10(9-14)4-6-11/h3-6,15H,7-8H2,1-2H3,(H,16,17). The van der Waals surface area contributed by atoms with Crippen LogP contribution in [-0.4, -0.2) is 37.3 Å². The summed E-state index contributed by atoms with van der Waals surface area (Å²) in [6, 6.07) is 7.52. The summed E-state index contributed by atoms with van der Waals surface area (Å²) < 4.78 is 24.0. The van der Waals surface area contributed by atoms with Crippen molar-refractivity contribution in [2.45, 2.75) is 24.3 Å². The molecule has 0 bridgehead atoms. The van der Waals surface area contributed by atoms with Crippen LogP contribution in [0.1, 0.15) is 19.4 Å². The predicted octanol–water partition coefficient (Wildman–Crippen LogP) is 0.785. The number of carboxylic acids is 1. The first kappa shape index (κ1) is 16.1. The number of sulfone groups is 1. The highest BCUT2D eigenvalue weighted by Gasteiger charge is 2.26. The Bertz CT molecular complexity index is 627. The molecule has 0 aliphatic carbocycles. The van der Waals surface area contributed by atoms with E-state index in [1.165, 1.54) is 38.1 Å². The summed E-state index contributed by atoms with van der Waals surface area (Å²) in [5.74, 6) is -1.26. The van der Waals surface area contributed by atoms with Gasteiger partial charge in [-0.1, -0.05) is 0 Å². The molecule has 1 aromatic carbocycles. The molecule has 0 fully saturated rings. The minimum atomic E-state index is -3.50. The minimum Gasteiger partial charge on any atom is -0.480 e. The van der Waals surface area contributed by atoms with E-state index < -0.39 is 21.3 Å². The average Bonchev–Trinajstić information content (AvgIpc) is 2.38. The Morgan fingerprint density at radius 1 is 1.35 bits per heavy atom. The Morgan fingerprint density at radius 3 is 2.35 bits per heavy atom. The normalized spacial score (nSPS) is 11.8. The van der Waals surface area contributed by atoms with Gasteiger partial charge in [-0.3, -0.25) is 4.79 Å². The highest BCUT2D eigenvalue weighted by molar-refractivity contribution is 7.91. The zero-order valence-electron chi connectivity index (χ0n) is 11.3. The van der Waals surface area contributed by atoms with Gasteiger partial charge in [-0.2, -0.15) is 5.26 Å². The van der Waals surface area contributed by atoms with E-state index in [0.717, 1.165) is 0 Å². The number of hydrogen-bond donors (Lipinski definition) is 2. The largest absolute Gasteiger partial charge is 0.480 e. The second-order valence-electron chi connectivity index (χ2n) is 4.81. The average molecular weight is 296 g/mol. The first-order valence-electron chi connectivity index (χ1n) is 5.90. The van der Waals surface area contributed by atoms with Gasteiger partial charge in [0, 0.05) is 6.54 Å². The topological polar surface area (TPSA) is 107 Å². The lowest BCUT2D eigenvalue weighted by Gasteiger charge is -2.20. The molecular formula is C13H16N2O4S. The SMILES string of the molecule is CC(C)(NCCS(=O)(=O)c1ccc(C#N)cc1)C(=O)O. The third-order valence-corrected chi connectivity index (χ3v) is 4.55. The van der Waals surface area contributed by atoms with E-state index in [0.29, 0.717) is 5.56 Å². The number of carbonyl (C=O) groups is 1. The molecule has 0 aliphatic heterocycles. The van der Waals surface area contributed by atoms with Gasteiger partial charge in [-0.05, 0) is 38.1 Å². The quantitative estimate of drug-likeness (QED) is 0.803. The molecular weight excluding hydrogens is 280 g/mol. The maximum absolute atomic E-state index is 12.0. The first-order chi connectivity index (χ1) is 9.19. The zero-order chi connectivity index (χ0) is 15.4. The molecule has 20 heavy (non-hydrogen) atoms. The molecule has 0 aliphatic rings.